The Balaban J connectivity index is 1.69. The molecular weight excluding hydrogens is 292 g/mol. The SMILES string of the molecule is CC(CC(O)c1ccco1)NC(=O)NCC#Cc1ccccc1. The number of carbonyl (C=O) groups is 1. The number of hydrogen-bond acceptors (Lipinski definition) is 3. The molecule has 0 bridgehead atoms. The monoisotopic (exact) mass is 312 g/mol. The number of furan rings is 1. The molecule has 0 aliphatic carbocycles. The molecule has 5 nitrogen and oxygen atoms in total. The summed E-state index contributed by atoms with van der Waals surface area (Å²) in [4.78, 5) is 11.7. The Bertz CT molecular complexity index is 657. The van der Waals surface area contributed by atoms with Crippen LogP contribution in [0.4, 0.5) is 4.79 Å². The third-order valence-corrected chi connectivity index (χ3v) is 3.17. The zero-order chi connectivity index (χ0) is 16.5. The summed E-state index contributed by atoms with van der Waals surface area (Å²) < 4.78 is 5.13. The fraction of sp³-hybridized carbons (Fsp3) is 0.278. The van der Waals surface area contributed by atoms with Crippen LogP contribution in [0.1, 0.15) is 30.8 Å². The Labute approximate surface area is 135 Å². The van der Waals surface area contributed by atoms with Crippen LogP contribution < -0.4 is 10.6 Å². The number of rotatable bonds is 5. The molecule has 0 spiro atoms. The highest BCUT2D eigenvalue weighted by molar-refractivity contribution is 5.74. The highest BCUT2D eigenvalue weighted by Gasteiger charge is 2.15. The second kappa shape index (κ2) is 8.66. The van der Waals surface area contributed by atoms with E-state index >= 15 is 0 Å². The second-order valence-corrected chi connectivity index (χ2v) is 5.16. The van der Waals surface area contributed by atoms with E-state index in [1.807, 2.05) is 37.3 Å². The Morgan fingerprint density at radius 3 is 2.74 bits per heavy atom. The van der Waals surface area contributed by atoms with E-state index in [4.69, 9.17) is 4.42 Å². The largest absolute Gasteiger partial charge is 0.467 e. The van der Waals surface area contributed by atoms with Crippen LogP contribution in [0.2, 0.25) is 0 Å². The van der Waals surface area contributed by atoms with Crippen molar-refractivity contribution in [2.24, 2.45) is 0 Å². The normalized spacial score (nSPS) is 12.6. The number of hydrogen-bond donors (Lipinski definition) is 3. The van der Waals surface area contributed by atoms with Crippen LogP contribution in [0.3, 0.4) is 0 Å². The van der Waals surface area contributed by atoms with Gasteiger partial charge < -0.3 is 20.2 Å². The maximum atomic E-state index is 11.7. The molecular formula is C18H20N2O3. The Hall–Kier alpha value is -2.71. The van der Waals surface area contributed by atoms with Gasteiger partial charge >= 0.3 is 6.03 Å². The quantitative estimate of drug-likeness (QED) is 0.742. The molecule has 2 unspecified atom stereocenters. The van der Waals surface area contributed by atoms with Crippen LogP contribution in [0.5, 0.6) is 0 Å². The van der Waals surface area contributed by atoms with Gasteiger partial charge in [0.2, 0.25) is 0 Å². The van der Waals surface area contributed by atoms with E-state index < -0.39 is 6.10 Å². The Morgan fingerprint density at radius 2 is 2.04 bits per heavy atom. The number of amides is 2. The highest BCUT2D eigenvalue weighted by Crippen LogP contribution is 2.18. The lowest BCUT2D eigenvalue weighted by Gasteiger charge is -2.16. The third kappa shape index (κ3) is 5.89. The van der Waals surface area contributed by atoms with Crippen LogP contribution in [0.15, 0.2) is 53.1 Å². The zero-order valence-corrected chi connectivity index (χ0v) is 13.0. The molecule has 0 aliphatic heterocycles. The minimum atomic E-state index is -0.738. The standard InChI is InChI=1S/C18H20N2O3/c1-14(13-16(21)17-10-6-12-23-17)20-18(22)19-11-5-9-15-7-3-2-4-8-15/h2-4,6-8,10,12,14,16,21H,11,13H2,1H3,(H2,19,20,22). The second-order valence-electron chi connectivity index (χ2n) is 5.16. The Morgan fingerprint density at radius 1 is 1.26 bits per heavy atom. The number of urea groups is 1. The predicted octanol–water partition coefficient (Wildman–Crippen LogP) is 2.44. The van der Waals surface area contributed by atoms with Gasteiger partial charge in [0.1, 0.15) is 11.9 Å². The number of aliphatic hydroxyl groups excluding tert-OH is 1. The lowest BCUT2D eigenvalue weighted by atomic mass is 10.1. The lowest BCUT2D eigenvalue weighted by molar-refractivity contribution is 0.129. The maximum absolute atomic E-state index is 11.7. The number of nitrogens with one attached hydrogen (secondary N) is 2. The van der Waals surface area contributed by atoms with Crippen molar-refractivity contribution in [3.63, 3.8) is 0 Å². The van der Waals surface area contributed by atoms with E-state index in [0.717, 1.165) is 5.56 Å². The van der Waals surface area contributed by atoms with Gasteiger partial charge in [-0.1, -0.05) is 30.0 Å². The molecule has 2 rings (SSSR count). The van der Waals surface area contributed by atoms with Gasteiger partial charge in [-0.05, 0) is 31.2 Å². The van der Waals surface area contributed by atoms with Crippen molar-refractivity contribution in [1.29, 1.82) is 0 Å². The molecule has 2 aromatic rings. The van der Waals surface area contributed by atoms with E-state index in [0.29, 0.717) is 12.2 Å². The summed E-state index contributed by atoms with van der Waals surface area (Å²) in [7, 11) is 0. The fourth-order valence-electron chi connectivity index (χ4n) is 2.06. The smallest absolute Gasteiger partial charge is 0.315 e. The molecule has 0 saturated heterocycles. The van der Waals surface area contributed by atoms with Gasteiger partial charge in [-0.25, -0.2) is 4.79 Å². The van der Waals surface area contributed by atoms with Crippen molar-refractivity contribution in [1.82, 2.24) is 10.6 Å². The van der Waals surface area contributed by atoms with Gasteiger partial charge in [-0.3, -0.25) is 0 Å². The first-order valence-electron chi connectivity index (χ1n) is 7.45. The minimum absolute atomic E-state index is 0.197. The average molecular weight is 312 g/mol. The summed E-state index contributed by atoms with van der Waals surface area (Å²) in [6.45, 7) is 2.08. The van der Waals surface area contributed by atoms with Gasteiger partial charge in [0.05, 0.1) is 12.8 Å². The summed E-state index contributed by atoms with van der Waals surface area (Å²) in [5.41, 5.74) is 0.907. The first-order chi connectivity index (χ1) is 11.1. The summed E-state index contributed by atoms with van der Waals surface area (Å²) in [6.07, 6.45) is 1.14. The van der Waals surface area contributed by atoms with Crippen molar-refractivity contribution in [3.05, 3.63) is 60.1 Å². The first kappa shape index (κ1) is 16.7. The molecule has 0 fully saturated rings. The summed E-state index contributed by atoms with van der Waals surface area (Å²) >= 11 is 0. The van der Waals surface area contributed by atoms with E-state index in [-0.39, 0.29) is 18.6 Å². The first-order valence-corrected chi connectivity index (χ1v) is 7.45. The van der Waals surface area contributed by atoms with Crippen molar-refractivity contribution in [3.8, 4) is 11.8 Å². The van der Waals surface area contributed by atoms with E-state index in [2.05, 4.69) is 22.5 Å². The predicted molar refractivity (Wildman–Crippen MR) is 87.6 cm³/mol. The zero-order valence-electron chi connectivity index (χ0n) is 13.0. The van der Waals surface area contributed by atoms with Crippen LogP contribution in [-0.4, -0.2) is 23.7 Å². The van der Waals surface area contributed by atoms with Gasteiger partial charge in [0, 0.05) is 18.0 Å². The Kier molecular flexibility index (Phi) is 6.28. The summed E-state index contributed by atoms with van der Waals surface area (Å²) in [6, 6.07) is 12.5. The molecule has 1 aromatic carbocycles. The van der Waals surface area contributed by atoms with Crippen LogP contribution in [0, 0.1) is 11.8 Å². The third-order valence-electron chi connectivity index (χ3n) is 3.17. The van der Waals surface area contributed by atoms with E-state index in [1.54, 1.807) is 12.1 Å². The molecule has 2 amide bonds. The topological polar surface area (TPSA) is 74.5 Å². The van der Waals surface area contributed by atoms with Gasteiger partial charge in [0.15, 0.2) is 0 Å². The molecule has 0 aliphatic rings. The number of carbonyl (C=O) groups excluding carboxylic acids is 1. The van der Waals surface area contributed by atoms with Gasteiger partial charge in [-0.15, -0.1) is 0 Å². The molecule has 0 saturated carbocycles. The van der Waals surface area contributed by atoms with Crippen molar-refractivity contribution < 1.29 is 14.3 Å². The number of aliphatic hydroxyl groups is 1. The summed E-state index contributed by atoms with van der Waals surface area (Å²) in [5.74, 6) is 6.34. The van der Waals surface area contributed by atoms with Crippen molar-refractivity contribution in [2.75, 3.05) is 6.54 Å². The van der Waals surface area contributed by atoms with Gasteiger partial charge in [-0.2, -0.15) is 0 Å². The molecule has 0 radical (unpaired) electrons. The van der Waals surface area contributed by atoms with E-state index in [9.17, 15) is 9.90 Å². The van der Waals surface area contributed by atoms with Crippen LogP contribution in [0.25, 0.3) is 0 Å². The minimum Gasteiger partial charge on any atom is -0.467 e. The molecule has 1 heterocycles. The highest BCUT2D eigenvalue weighted by atomic mass is 16.4. The molecule has 3 N–H and O–H groups in total. The molecule has 2 atom stereocenters. The van der Waals surface area contributed by atoms with E-state index in [1.165, 1.54) is 6.26 Å². The van der Waals surface area contributed by atoms with Crippen LogP contribution in [-0.2, 0) is 0 Å². The molecule has 1 aromatic heterocycles. The van der Waals surface area contributed by atoms with Crippen molar-refractivity contribution >= 4 is 6.03 Å². The molecule has 5 heteroatoms. The van der Waals surface area contributed by atoms with Gasteiger partial charge in [0.25, 0.3) is 0 Å². The van der Waals surface area contributed by atoms with Crippen molar-refractivity contribution in [2.45, 2.75) is 25.5 Å². The maximum Gasteiger partial charge on any atom is 0.315 e. The molecule has 120 valence electrons. The molecule has 23 heavy (non-hydrogen) atoms. The van der Waals surface area contributed by atoms with Crippen LogP contribution >= 0.6 is 0 Å². The average Bonchev–Trinajstić information content (AvgIpc) is 3.07. The summed E-state index contributed by atoms with van der Waals surface area (Å²) in [5, 5.41) is 15.4. The number of benzene rings is 1. The lowest BCUT2D eigenvalue weighted by Crippen LogP contribution is -2.41. The fourth-order valence-corrected chi connectivity index (χ4v) is 2.06.